The highest BCUT2D eigenvalue weighted by molar-refractivity contribution is 8.18. The summed E-state index contributed by atoms with van der Waals surface area (Å²) >= 11 is 7.06. The van der Waals surface area contributed by atoms with E-state index in [9.17, 15) is 19.2 Å². The third-order valence-electron chi connectivity index (χ3n) is 4.99. The first-order chi connectivity index (χ1) is 16.6. The second-order valence-corrected chi connectivity index (χ2v) is 8.89. The van der Waals surface area contributed by atoms with Gasteiger partial charge in [-0.15, -0.1) is 0 Å². The van der Waals surface area contributed by atoms with Gasteiger partial charge in [0, 0.05) is 5.69 Å². The first-order valence-electron chi connectivity index (χ1n) is 10.4. The minimum Gasteiger partial charge on any atom is -0.493 e. The van der Waals surface area contributed by atoms with Crippen LogP contribution >= 0.6 is 23.4 Å². The van der Waals surface area contributed by atoms with E-state index >= 15 is 0 Å². The molecule has 35 heavy (non-hydrogen) atoms. The van der Waals surface area contributed by atoms with Gasteiger partial charge in [0.2, 0.25) is 0 Å². The van der Waals surface area contributed by atoms with Crippen LogP contribution in [-0.2, 0) is 19.1 Å². The Morgan fingerprint density at radius 3 is 2.49 bits per heavy atom. The van der Waals surface area contributed by atoms with Gasteiger partial charge in [0.1, 0.15) is 6.04 Å². The summed E-state index contributed by atoms with van der Waals surface area (Å²) in [5.74, 6) is -1.33. The van der Waals surface area contributed by atoms with E-state index in [1.807, 2.05) is 19.1 Å². The van der Waals surface area contributed by atoms with Gasteiger partial charge in [-0.2, -0.15) is 0 Å². The number of nitrogens with one attached hydrogen (secondary N) is 1. The second-order valence-electron chi connectivity index (χ2n) is 7.49. The van der Waals surface area contributed by atoms with Gasteiger partial charge in [-0.1, -0.05) is 29.3 Å². The molecule has 3 rings (SSSR count). The van der Waals surface area contributed by atoms with Crippen LogP contribution in [0.2, 0.25) is 5.02 Å². The van der Waals surface area contributed by atoms with Gasteiger partial charge >= 0.3 is 5.97 Å². The predicted molar refractivity (Wildman–Crippen MR) is 133 cm³/mol. The number of hydrogen-bond acceptors (Lipinski definition) is 8. The zero-order valence-electron chi connectivity index (χ0n) is 19.4. The number of thioether (sulfide) groups is 1. The van der Waals surface area contributed by atoms with E-state index in [4.69, 9.17) is 21.1 Å². The van der Waals surface area contributed by atoms with E-state index in [0.29, 0.717) is 23.0 Å². The number of methoxy groups -OCH3 is 2. The number of halogens is 1. The van der Waals surface area contributed by atoms with Crippen LogP contribution < -0.4 is 14.8 Å². The van der Waals surface area contributed by atoms with Crippen LogP contribution in [0.15, 0.2) is 41.3 Å². The van der Waals surface area contributed by atoms with Gasteiger partial charge < -0.3 is 19.5 Å². The highest BCUT2D eigenvalue weighted by Crippen LogP contribution is 2.39. The number of rotatable bonds is 8. The van der Waals surface area contributed by atoms with Crippen molar-refractivity contribution in [2.45, 2.75) is 19.9 Å². The molecule has 0 aromatic heterocycles. The Labute approximate surface area is 211 Å². The van der Waals surface area contributed by atoms with Crippen molar-refractivity contribution in [3.63, 3.8) is 0 Å². The summed E-state index contributed by atoms with van der Waals surface area (Å²) in [7, 11) is 2.58. The molecule has 1 aliphatic rings. The number of amides is 3. The van der Waals surface area contributed by atoms with Gasteiger partial charge in [0.15, 0.2) is 18.1 Å². The number of imide groups is 1. The van der Waals surface area contributed by atoms with E-state index < -0.39 is 23.2 Å². The lowest BCUT2D eigenvalue weighted by atomic mass is 10.1. The minimum absolute atomic E-state index is 0.106. The van der Waals surface area contributed by atoms with Crippen LogP contribution in [0.3, 0.4) is 0 Å². The molecule has 0 saturated carbocycles. The Morgan fingerprint density at radius 1 is 1.17 bits per heavy atom. The molecule has 0 aliphatic carbocycles. The molecule has 0 unspecified atom stereocenters. The molecule has 1 atom stereocenters. The first-order valence-corrected chi connectivity index (χ1v) is 11.6. The molecular weight excluding hydrogens is 496 g/mol. The number of carbonyl (C=O) groups is 4. The summed E-state index contributed by atoms with van der Waals surface area (Å²) in [6.07, 6.45) is 1.46. The molecule has 2 aromatic carbocycles. The van der Waals surface area contributed by atoms with E-state index in [2.05, 4.69) is 10.1 Å². The molecule has 9 nitrogen and oxygen atoms in total. The predicted octanol–water partition coefficient (Wildman–Crippen LogP) is 4.27. The van der Waals surface area contributed by atoms with Crippen LogP contribution in [0.25, 0.3) is 6.08 Å². The monoisotopic (exact) mass is 518 g/mol. The van der Waals surface area contributed by atoms with Crippen molar-refractivity contribution in [3.05, 3.63) is 57.5 Å². The molecule has 1 fully saturated rings. The Kier molecular flexibility index (Phi) is 8.42. The largest absolute Gasteiger partial charge is 0.493 e. The number of esters is 1. The molecule has 1 saturated heterocycles. The van der Waals surface area contributed by atoms with E-state index in [1.54, 1.807) is 18.2 Å². The number of anilines is 1. The first kappa shape index (κ1) is 26.1. The average Bonchev–Trinajstić information content (AvgIpc) is 3.10. The lowest BCUT2D eigenvalue weighted by Gasteiger charge is -2.18. The number of aryl methyl sites for hydroxylation is 1. The van der Waals surface area contributed by atoms with Crippen LogP contribution in [-0.4, -0.2) is 54.8 Å². The Bertz CT molecular complexity index is 1200. The second kappa shape index (κ2) is 11.3. The lowest BCUT2D eigenvalue weighted by molar-refractivity contribution is -0.148. The molecule has 1 aliphatic heterocycles. The van der Waals surface area contributed by atoms with Gasteiger partial charge in [-0.05, 0) is 61.5 Å². The van der Waals surface area contributed by atoms with Gasteiger partial charge in [0.25, 0.3) is 17.1 Å². The maximum atomic E-state index is 12.7. The summed E-state index contributed by atoms with van der Waals surface area (Å²) in [5.41, 5.74) is 2.16. The zero-order chi connectivity index (χ0) is 25.7. The summed E-state index contributed by atoms with van der Waals surface area (Å²) in [6, 6.07) is 9.32. The molecule has 0 spiro atoms. The van der Waals surface area contributed by atoms with E-state index in [0.717, 1.165) is 10.5 Å². The number of hydrogen-bond donors (Lipinski definition) is 1. The fourth-order valence-corrected chi connectivity index (χ4v) is 4.36. The third-order valence-corrected chi connectivity index (χ3v) is 6.15. The summed E-state index contributed by atoms with van der Waals surface area (Å²) < 4.78 is 15.6. The van der Waals surface area contributed by atoms with Crippen molar-refractivity contribution in [2.75, 3.05) is 26.1 Å². The third kappa shape index (κ3) is 6.14. The normalized spacial score (nSPS) is 15.2. The molecule has 0 bridgehead atoms. The fourth-order valence-electron chi connectivity index (χ4n) is 3.18. The van der Waals surface area contributed by atoms with Crippen molar-refractivity contribution < 1.29 is 33.4 Å². The van der Waals surface area contributed by atoms with Crippen molar-refractivity contribution in [1.82, 2.24) is 4.90 Å². The number of ether oxygens (including phenoxy) is 3. The molecule has 184 valence electrons. The SMILES string of the molecule is COC(=O)[C@H](C)N1C(=O)S/C(=C/c2cc(Cl)c(OCC(=O)Nc3ccc(C)cc3)c(OC)c2)C1=O. The Morgan fingerprint density at radius 2 is 1.86 bits per heavy atom. The molecule has 1 N–H and O–H groups in total. The summed E-state index contributed by atoms with van der Waals surface area (Å²) in [6.45, 7) is 3.04. The van der Waals surface area contributed by atoms with Gasteiger partial charge in [0.05, 0.1) is 24.1 Å². The molecule has 0 radical (unpaired) electrons. The van der Waals surface area contributed by atoms with Crippen molar-refractivity contribution in [3.8, 4) is 11.5 Å². The van der Waals surface area contributed by atoms with Crippen LogP contribution in [0.5, 0.6) is 11.5 Å². The fraction of sp³-hybridized carbons (Fsp3) is 0.250. The van der Waals surface area contributed by atoms with Crippen molar-refractivity contribution >= 4 is 58.1 Å². The lowest BCUT2D eigenvalue weighted by Crippen LogP contribution is -2.42. The minimum atomic E-state index is -1.06. The number of benzene rings is 2. The molecule has 1 heterocycles. The van der Waals surface area contributed by atoms with Crippen LogP contribution in [0.4, 0.5) is 10.5 Å². The van der Waals surface area contributed by atoms with Crippen LogP contribution in [0, 0.1) is 6.92 Å². The maximum absolute atomic E-state index is 12.7. The quantitative estimate of drug-likeness (QED) is 0.407. The van der Waals surface area contributed by atoms with E-state index in [1.165, 1.54) is 33.3 Å². The topological polar surface area (TPSA) is 111 Å². The van der Waals surface area contributed by atoms with Gasteiger partial charge in [-0.3, -0.25) is 19.3 Å². The average molecular weight is 519 g/mol. The Balaban J connectivity index is 1.75. The van der Waals surface area contributed by atoms with Crippen molar-refractivity contribution in [1.29, 1.82) is 0 Å². The highest BCUT2D eigenvalue weighted by atomic mass is 35.5. The van der Waals surface area contributed by atoms with Crippen molar-refractivity contribution in [2.24, 2.45) is 0 Å². The zero-order valence-corrected chi connectivity index (χ0v) is 21.0. The van der Waals surface area contributed by atoms with E-state index in [-0.39, 0.29) is 33.9 Å². The summed E-state index contributed by atoms with van der Waals surface area (Å²) in [4.78, 5) is 50.0. The maximum Gasteiger partial charge on any atom is 0.328 e. The smallest absolute Gasteiger partial charge is 0.328 e. The molecular formula is C24H23ClN2O7S. The highest BCUT2D eigenvalue weighted by Gasteiger charge is 2.41. The molecule has 11 heteroatoms. The molecule has 3 amide bonds. The van der Waals surface area contributed by atoms with Crippen LogP contribution in [0.1, 0.15) is 18.1 Å². The summed E-state index contributed by atoms with van der Waals surface area (Å²) in [5, 5.41) is 2.28. The standard InChI is InChI=1S/C24H23ClN2O7S/c1-13-5-7-16(8-6-13)26-20(28)12-34-21-17(25)9-15(10-18(21)32-3)11-19-22(29)27(24(31)35-19)14(2)23(30)33-4/h5-11,14H,12H2,1-4H3,(H,26,28)/b19-11+/t14-/m0/s1. The number of carbonyl (C=O) groups excluding carboxylic acids is 4. The Hall–Kier alpha value is -3.50. The van der Waals surface area contributed by atoms with Gasteiger partial charge in [-0.25, -0.2) is 4.79 Å². The number of nitrogens with zero attached hydrogens (tertiary/aromatic N) is 1. The molecule has 2 aromatic rings.